The standard InChI is InChI=1S/C9H11FN4S/c1-2-7(13-14-9(11)15)8-4-3-6(10)5-12-8/h3-5H,2H2,1H3,(H3,11,14,15)/b13-7-. The second-order valence-electron chi connectivity index (χ2n) is 2.75. The Labute approximate surface area is 92.4 Å². The Morgan fingerprint density at radius 3 is 2.87 bits per heavy atom. The van der Waals surface area contributed by atoms with Crippen molar-refractivity contribution in [2.24, 2.45) is 10.8 Å². The molecule has 0 saturated heterocycles. The van der Waals surface area contributed by atoms with Crippen LogP contribution < -0.4 is 11.2 Å². The van der Waals surface area contributed by atoms with Gasteiger partial charge in [0.1, 0.15) is 5.82 Å². The quantitative estimate of drug-likeness (QED) is 0.461. The molecule has 80 valence electrons. The first-order valence-corrected chi connectivity index (χ1v) is 4.78. The molecular formula is C9H11FN4S. The Morgan fingerprint density at radius 2 is 2.40 bits per heavy atom. The van der Waals surface area contributed by atoms with Crippen molar-refractivity contribution in [2.75, 3.05) is 0 Å². The van der Waals surface area contributed by atoms with Gasteiger partial charge in [0.05, 0.1) is 17.6 Å². The Bertz CT molecular complexity index is 374. The maximum absolute atomic E-state index is 12.6. The second-order valence-corrected chi connectivity index (χ2v) is 3.19. The van der Waals surface area contributed by atoms with Gasteiger partial charge in [0, 0.05) is 0 Å². The van der Waals surface area contributed by atoms with E-state index >= 15 is 0 Å². The third-order valence-electron chi connectivity index (χ3n) is 1.66. The van der Waals surface area contributed by atoms with Crippen molar-refractivity contribution < 1.29 is 4.39 Å². The van der Waals surface area contributed by atoms with Crippen molar-refractivity contribution in [3.63, 3.8) is 0 Å². The number of hydrogen-bond donors (Lipinski definition) is 2. The largest absolute Gasteiger partial charge is 0.375 e. The van der Waals surface area contributed by atoms with Crippen LogP contribution in [-0.4, -0.2) is 15.8 Å². The fraction of sp³-hybridized carbons (Fsp3) is 0.222. The first-order valence-electron chi connectivity index (χ1n) is 4.37. The van der Waals surface area contributed by atoms with Gasteiger partial charge in [0.15, 0.2) is 5.11 Å². The molecule has 0 fully saturated rings. The van der Waals surface area contributed by atoms with E-state index in [2.05, 4.69) is 27.7 Å². The molecule has 15 heavy (non-hydrogen) atoms. The maximum Gasteiger partial charge on any atom is 0.184 e. The SMILES string of the molecule is CC/C(=N/NC(N)=S)c1ccc(F)cn1. The number of halogens is 1. The summed E-state index contributed by atoms with van der Waals surface area (Å²) in [6.45, 7) is 1.91. The fourth-order valence-corrected chi connectivity index (χ4v) is 1.03. The smallest absolute Gasteiger partial charge is 0.184 e. The molecule has 0 bridgehead atoms. The molecule has 0 atom stereocenters. The molecule has 0 unspecified atom stereocenters. The fourth-order valence-electron chi connectivity index (χ4n) is 0.987. The number of hydrogen-bond acceptors (Lipinski definition) is 3. The van der Waals surface area contributed by atoms with E-state index in [1.165, 1.54) is 6.07 Å². The molecule has 0 radical (unpaired) electrons. The predicted octanol–water partition coefficient (Wildman–Crippen LogP) is 1.17. The highest BCUT2D eigenvalue weighted by Gasteiger charge is 2.02. The van der Waals surface area contributed by atoms with Crippen molar-refractivity contribution in [3.8, 4) is 0 Å². The average molecular weight is 226 g/mol. The van der Waals surface area contributed by atoms with Gasteiger partial charge in [-0.15, -0.1) is 0 Å². The van der Waals surface area contributed by atoms with Crippen molar-refractivity contribution in [2.45, 2.75) is 13.3 Å². The van der Waals surface area contributed by atoms with Crippen molar-refractivity contribution >= 4 is 23.0 Å². The lowest BCUT2D eigenvalue weighted by Crippen LogP contribution is -2.25. The van der Waals surface area contributed by atoms with Gasteiger partial charge in [-0.05, 0) is 30.8 Å². The van der Waals surface area contributed by atoms with E-state index in [0.717, 1.165) is 6.20 Å². The van der Waals surface area contributed by atoms with Crippen LogP contribution in [-0.2, 0) is 0 Å². The monoisotopic (exact) mass is 226 g/mol. The van der Waals surface area contributed by atoms with Crippen molar-refractivity contribution in [1.29, 1.82) is 0 Å². The van der Waals surface area contributed by atoms with Crippen LogP contribution in [0, 0.1) is 5.82 Å². The van der Waals surface area contributed by atoms with E-state index in [1.54, 1.807) is 6.07 Å². The molecule has 0 aromatic carbocycles. The number of hydrazone groups is 1. The molecule has 1 aromatic rings. The van der Waals surface area contributed by atoms with E-state index in [-0.39, 0.29) is 10.9 Å². The molecule has 1 aromatic heterocycles. The molecule has 1 heterocycles. The van der Waals surface area contributed by atoms with Gasteiger partial charge in [0.25, 0.3) is 0 Å². The van der Waals surface area contributed by atoms with Gasteiger partial charge >= 0.3 is 0 Å². The number of pyridine rings is 1. The zero-order chi connectivity index (χ0) is 11.3. The maximum atomic E-state index is 12.6. The zero-order valence-corrected chi connectivity index (χ0v) is 9.01. The third-order valence-corrected chi connectivity index (χ3v) is 1.75. The minimum absolute atomic E-state index is 0.0862. The number of nitrogens with two attached hydrogens (primary N) is 1. The Morgan fingerprint density at radius 1 is 1.67 bits per heavy atom. The van der Waals surface area contributed by atoms with Crippen LogP contribution in [0.5, 0.6) is 0 Å². The highest BCUT2D eigenvalue weighted by molar-refractivity contribution is 7.80. The van der Waals surface area contributed by atoms with Gasteiger partial charge < -0.3 is 5.73 Å². The van der Waals surface area contributed by atoms with Gasteiger partial charge in [-0.2, -0.15) is 5.10 Å². The van der Waals surface area contributed by atoms with Crippen LogP contribution in [0.4, 0.5) is 4.39 Å². The Balaban J connectivity index is 2.87. The average Bonchev–Trinajstić information content (AvgIpc) is 2.21. The lowest BCUT2D eigenvalue weighted by Gasteiger charge is -2.03. The van der Waals surface area contributed by atoms with Crippen LogP contribution in [0.3, 0.4) is 0 Å². The summed E-state index contributed by atoms with van der Waals surface area (Å²) >= 11 is 4.61. The summed E-state index contributed by atoms with van der Waals surface area (Å²) in [4.78, 5) is 3.90. The molecule has 6 heteroatoms. The van der Waals surface area contributed by atoms with Gasteiger partial charge in [0.2, 0.25) is 0 Å². The molecule has 0 amide bonds. The summed E-state index contributed by atoms with van der Waals surface area (Å²) in [5.74, 6) is -0.378. The van der Waals surface area contributed by atoms with Crippen LogP contribution in [0.1, 0.15) is 19.0 Å². The van der Waals surface area contributed by atoms with E-state index in [1.807, 2.05) is 6.92 Å². The number of rotatable bonds is 3. The number of nitrogens with one attached hydrogen (secondary N) is 1. The van der Waals surface area contributed by atoms with Crippen LogP contribution >= 0.6 is 12.2 Å². The normalized spacial score (nSPS) is 11.2. The zero-order valence-electron chi connectivity index (χ0n) is 8.20. The lowest BCUT2D eigenvalue weighted by molar-refractivity contribution is 0.621. The van der Waals surface area contributed by atoms with Crippen molar-refractivity contribution in [1.82, 2.24) is 10.4 Å². The number of thiocarbonyl (C=S) groups is 1. The molecule has 0 spiro atoms. The summed E-state index contributed by atoms with van der Waals surface area (Å²) in [7, 11) is 0. The van der Waals surface area contributed by atoms with Gasteiger partial charge in [-0.25, -0.2) is 4.39 Å². The van der Waals surface area contributed by atoms with Gasteiger partial charge in [-0.1, -0.05) is 6.92 Å². The molecule has 3 N–H and O–H groups in total. The topological polar surface area (TPSA) is 63.3 Å². The minimum Gasteiger partial charge on any atom is -0.375 e. The lowest BCUT2D eigenvalue weighted by atomic mass is 10.2. The second kappa shape index (κ2) is 5.35. The minimum atomic E-state index is -0.378. The van der Waals surface area contributed by atoms with E-state index in [0.29, 0.717) is 17.8 Å². The molecule has 0 aliphatic carbocycles. The first kappa shape index (κ1) is 11.5. The van der Waals surface area contributed by atoms with Gasteiger partial charge in [-0.3, -0.25) is 10.4 Å². The van der Waals surface area contributed by atoms with Crippen LogP contribution in [0.15, 0.2) is 23.4 Å². The summed E-state index contributed by atoms with van der Waals surface area (Å²) in [6.07, 6.45) is 1.79. The molecule has 4 nitrogen and oxygen atoms in total. The Kier molecular flexibility index (Phi) is 4.11. The summed E-state index contributed by atoms with van der Waals surface area (Å²) in [5, 5.41) is 4.04. The molecule has 0 saturated carbocycles. The van der Waals surface area contributed by atoms with E-state index in [9.17, 15) is 4.39 Å². The van der Waals surface area contributed by atoms with Crippen molar-refractivity contribution in [3.05, 3.63) is 29.8 Å². The highest BCUT2D eigenvalue weighted by Crippen LogP contribution is 2.02. The summed E-state index contributed by atoms with van der Waals surface area (Å²) in [5.41, 5.74) is 8.97. The third kappa shape index (κ3) is 3.59. The Hall–Kier alpha value is -1.56. The first-order chi connectivity index (χ1) is 7.13. The predicted molar refractivity (Wildman–Crippen MR) is 60.9 cm³/mol. The van der Waals surface area contributed by atoms with Crippen LogP contribution in [0.2, 0.25) is 0 Å². The summed E-state index contributed by atoms with van der Waals surface area (Å²) < 4.78 is 12.6. The summed E-state index contributed by atoms with van der Waals surface area (Å²) in [6, 6.07) is 2.88. The molecule has 0 aliphatic rings. The molecular weight excluding hydrogens is 215 g/mol. The van der Waals surface area contributed by atoms with E-state index in [4.69, 9.17) is 5.73 Å². The molecule has 1 rings (SSSR count). The van der Waals surface area contributed by atoms with Crippen LogP contribution in [0.25, 0.3) is 0 Å². The molecule has 0 aliphatic heterocycles. The highest BCUT2D eigenvalue weighted by atomic mass is 32.1. The number of aromatic nitrogens is 1. The number of nitrogens with zero attached hydrogens (tertiary/aromatic N) is 2. The van der Waals surface area contributed by atoms with E-state index < -0.39 is 0 Å².